The van der Waals surface area contributed by atoms with E-state index in [0.29, 0.717) is 12.8 Å². The summed E-state index contributed by atoms with van der Waals surface area (Å²) in [4.78, 5) is 42.9. The molecule has 56 heavy (non-hydrogen) atoms. The largest absolute Gasteiger partial charge is 0.469 e. The van der Waals surface area contributed by atoms with Crippen molar-refractivity contribution in [2.24, 2.45) is 0 Å². The molecule has 0 aromatic carbocycles. The molecule has 0 unspecified atom stereocenters. The lowest BCUT2D eigenvalue weighted by Crippen LogP contribution is -2.29. The third kappa shape index (κ3) is 44.2. The Morgan fingerprint density at radius 1 is 0.464 bits per heavy atom. The molecule has 0 spiro atoms. The van der Waals surface area contributed by atoms with Gasteiger partial charge in [0.1, 0.15) is 6.61 Å². The van der Waals surface area contributed by atoms with Crippen molar-refractivity contribution in [1.82, 2.24) is 0 Å². The minimum Gasteiger partial charge on any atom is -0.462 e. The Hall–Kier alpha value is -2.51. The predicted octanol–water partition coefficient (Wildman–Crippen LogP) is 13.9. The van der Waals surface area contributed by atoms with Crippen molar-refractivity contribution >= 4 is 19.8 Å². The van der Waals surface area contributed by atoms with E-state index in [1.54, 1.807) is 0 Å². The Balaban J connectivity index is 3.98. The maximum Gasteiger partial charge on any atom is 0.469 e. The van der Waals surface area contributed by atoms with Crippen molar-refractivity contribution in [2.75, 3.05) is 13.2 Å². The van der Waals surface area contributed by atoms with E-state index < -0.39 is 32.5 Å². The van der Waals surface area contributed by atoms with Crippen molar-refractivity contribution < 1.29 is 37.9 Å². The first-order chi connectivity index (χ1) is 27.3. The van der Waals surface area contributed by atoms with E-state index in [-0.39, 0.29) is 19.4 Å². The Morgan fingerprint density at radius 3 is 1.21 bits per heavy atom. The van der Waals surface area contributed by atoms with Gasteiger partial charge in [0.15, 0.2) is 6.10 Å². The Labute approximate surface area is 342 Å². The van der Waals surface area contributed by atoms with Gasteiger partial charge in [-0.3, -0.25) is 14.1 Å². The molecule has 0 radical (unpaired) electrons. The van der Waals surface area contributed by atoms with Gasteiger partial charge in [-0.1, -0.05) is 164 Å². The summed E-state index contributed by atoms with van der Waals surface area (Å²) in [7, 11) is -4.77. The molecule has 0 aliphatic rings. The van der Waals surface area contributed by atoms with Crippen molar-refractivity contribution in [3.05, 3.63) is 72.9 Å². The zero-order valence-electron chi connectivity index (χ0n) is 35.5. The van der Waals surface area contributed by atoms with Crippen LogP contribution in [0, 0.1) is 0 Å². The van der Waals surface area contributed by atoms with Gasteiger partial charge in [0.05, 0.1) is 6.61 Å². The molecule has 9 heteroatoms. The number of rotatable bonds is 40. The molecule has 0 saturated carbocycles. The fraction of sp³-hybridized carbons (Fsp3) is 0.702. The summed E-state index contributed by atoms with van der Waals surface area (Å²) in [6, 6.07) is 0. The van der Waals surface area contributed by atoms with Crippen molar-refractivity contribution in [1.29, 1.82) is 0 Å². The fourth-order valence-corrected chi connectivity index (χ4v) is 6.22. The van der Waals surface area contributed by atoms with E-state index in [2.05, 4.69) is 91.3 Å². The topological polar surface area (TPSA) is 119 Å². The second kappa shape index (κ2) is 42.1. The highest BCUT2D eigenvalue weighted by Gasteiger charge is 2.22. The molecule has 0 bridgehead atoms. The minimum absolute atomic E-state index is 0.170. The molecule has 0 aromatic heterocycles. The second-order valence-corrected chi connectivity index (χ2v) is 15.9. The molecule has 0 rings (SSSR count). The minimum atomic E-state index is -4.77. The van der Waals surface area contributed by atoms with Gasteiger partial charge in [-0.05, 0) is 89.9 Å². The highest BCUT2D eigenvalue weighted by molar-refractivity contribution is 7.46. The number of phosphoric acid groups is 1. The highest BCUT2D eigenvalue weighted by Crippen LogP contribution is 2.36. The molecule has 0 fully saturated rings. The molecular weight excluding hydrogens is 723 g/mol. The number of ether oxygens (including phenoxy) is 2. The van der Waals surface area contributed by atoms with Gasteiger partial charge in [-0.15, -0.1) is 0 Å². The summed E-state index contributed by atoms with van der Waals surface area (Å²) in [6.45, 7) is 3.61. The molecule has 0 aliphatic heterocycles. The average Bonchev–Trinajstić information content (AvgIpc) is 3.17. The van der Waals surface area contributed by atoms with Crippen molar-refractivity contribution in [3.63, 3.8) is 0 Å². The molecule has 0 heterocycles. The molecule has 322 valence electrons. The third-order valence-electron chi connectivity index (χ3n) is 9.20. The SMILES string of the molecule is CCCCC/C=C/C/C=C/C/C=C/C/C=C/CCCCCC(=O)O[C@H](COC(=O)CCCCCCCCCCC/C=C/C/C=C/CCCCC)COP(=O)(O)O. The van der Waals surface area contributed by atoms with E-state index in [1.165, 1.54) is 83.5 Å². The van der Waals surface area contributed by atoms with Gasteiger partial charge in [0, 0.05) is 12.8 Å². The van der Waals surface area contributed by atoms with Crippen LogP contribution in [0.1, 0.15) is 194 Å². The lowest BCUT2D eigenvalue weighted by atomic mass is 10.1. The van der Waals surface area contributed by atoms with Crippen LogP contribution in [0.3, 0.4) is 0 Å². The summed E-state index contributed by atoms with van der Waals surface area (Å²) < 4.78 is 26.4. The smallest absolute Gasteiger partial charge is 0.462 e. The van der Waals surface area contributed by atoms with Gasteiger partial charge < -0.3 is 19.3 Å². The zero-order chi connectivity index (χ0) is 41.1. The van der Waals surface area contributed by atoms with Crippen molar-refractivity contribution in [2.45, 2.75) is 200 Å². The Bertz CT molecular complexity index is 1130. The molecule has 1 atom stereocenters. The number of phosphoric ester groups is 1. The standard InChI is InChI=1S/C47H81O8P/c1-3-5-7-9-11-13-15-17-19-21-23-25-27-29-31-33-35-37-39-41-46(48)53-43-45(44-54-56(50,51)52)55-47(49)42-40-38-36-34-32-30-28-26-24-22-20-18-16-14-12-10-8-6-4-2/h11-14,17-20,24,26,30,32,45H,3-10,15-16,21-23,25,27-29,31,33-44H2,1-2H3,(H2,50,51,52)/b13-11+,14-12+,19-17+,20-18+,26-24+,32-30+/t45-/m1/s1. The van der Waals surface area contributed by atoms with Crippen LogP contribution in [-0.2, 0) is 28.2 Å². The van der Waals surface area contributed by atoms with Crippen LogP contribution in [0.5, 0.6) is 0 Å². The number of carbonyl (C=O) groups excluding carboxylic acids is 2. The molecular formula is C47H81O8P. The summed E-state index contributed by atoms with van der Waals surface area (Å²) in [5.74, 6) is -0.928. The van der Waals surface area contributed by atoms with E-state index in [4.69, 9.17) is 19.3 Å². The van der Waals surface area contributed by atoms with E-state index in [9.17, 15) is 14.2 Å². The molecule has 0 aromatic rings. The molecule has 0 aliphatic carbocycles. The average molecular weight is 805 g/mol. The maximum absolute atomic E-state index is 12.4. The number of esters is 2. The summed E-state index contributed by atoms with van der Waals surface area (Å²) in [5.41, 5.74) is 0. The van der Waals surface area contributed by atoms with Crippen LogP contribution in [0.2, 0.25) is 0 Å². The summed E-state index contributed by atoms with van der Waals surface area (Å²) in [6.07, 6.45) is 54.7. The van der Waals surface area contributed by atoms with Crippen LogP contribution < -0.4 is 0 Å². The van der Waals surface area contributed by atoms with Crippen LogP contribution in [0.25, 0.3) is 0 Å². The van der Waals surface area contributed by atoms with E-state index in [1.807, 2.05) is 0 Å². The predicted molar refractivity (Wildman–Crippen MR) is 234 cm³/mol. The number of unbranched alkanes of at least 4 members (excludes halogenated alkanes) is 18. The quantitative estimate of drug-likeness (QED) is 0.0272. The number of carbonyl (C=O) groups is 2. The number of hydrogen-bond donors (Lipinski definition) is 2. The van der Waals surface area contributed by atoms with Crippen LogP contribution in [0.15, 0.2) is 72.9 Å². The van der Waals surface area contributed by atoms with Gasteiger partial charge in [0.25, 0.3) is 0 Å². The molecule has 0 amide bonds. The summed E-state index contributed by atoms with van der Waals surface area (Å²) in [5, 5.41) is 0. The van der Waals surface area contributed by atoms with E-state index in [0.717, 1.165) is 70.6 Å². The zero-order valence-corrected chi connectivity index (χ0v) is 36.4. The number of hydrogen-bond acceptors (Lipinski definition) is 6. The molecule has 0 saturated heterocycles. The molecule has 8 nitrogen and oxygen atoms in total. The lowest BCUT2D eigenvalue weighted by molar-refractivity contribution is -0.161. The summed E-state index contributed by atoms with van der Waals surface area (Å²) >= 11 is 0. The Morgan fingerprint density at radius 2 is 0.804 bits per heavy atom. The van der Waals surface area contributed by atoms with Gasteiger partial charge in [-0.25, -0.2) is 4.57 Å². The third-order valence-corrected chi connectivity index (χ3v) is 9.68. The lowest BCUT2D eigenvalue weighted by Gasteiger charge is -2.18. The number of allylic oxidation sites excluding steroid dienone is 12. The van der Waals surface area contributed by atoms with E-state index >= 15 is 0 Å². The monoisotopic (exact) mass is 805 g/mol. The fourth-order valence-electron chi connectivity index (χ4n) is 5.86. The first-order valence-corrected chi connectivity index (χ1v) is 23.8. The molecule has 2 N–H and O–H groups in total. The first kappa shape index (κ1) is 53.5. The maximum atomic E-state index is 12.4. The highest BCUT2D eigenvalue weighted by atomic mass is 31.2. The van der Waals surface area contributed by atoms with Gasteiger partial charge in [0.2, 0.25) is 0 Å². The van der Waals surface area contributed by atoms with Crippen LogP contribution >= 0.6 is 7.82 Å². The van der Waals surface area contributed by atoms with Crippen LogP contribution in [-0.4, -0.2) is 41.0 Å². The van der Waals surface area contributed by atoms with Crippen molar-refractivity contribution in [3.8, 4) is 0 Å². The van der Waals surface area contributed by atoms with Crippen LogP contribution in [0.4, 0.5) is 0 Å². The second-order valence-electron chi connectivity index (χ2n) is 14.7. The van der Waals surface area contributed by atoms with Gasteiger partial charge >= 0.3 is 19.8 Å². The van der Waals surface area contributed by atoms with Gasteiger partial charge in [-0.2, -0.15) is 0 Å². The Kier molecular flexibility index (Phi) is 40.2. The normalized spacial score (nSPS) is 13.1. The first-order valence-electron chi connectivity index (χ1n) is 22.2.